The predicted molar refractivity (Wildman–Crippen MR) is 136 cm³/mol. The number of H-pyrrole nitrogens is 1. The molecule has 0 unspecified atom stereocenters. The van der Waals surface area contributed by atoms with E-state index in [-0.39, 0.29) is 5.56 Å². The molecule has 2 N–H and O–H groups in total. The number of hydrogen-bond donors (Lipinski definition) is 2. The first-order valence-electron chi connectivity index (χ1n) is 11.3. The highest BCUT2D eigenvalue weighted by atomic mass is 16.1. The quantitative estimate of drug-likeness (QED) is 0.432. The summed E-state index contributed by atoms with van der Waals surface area (Å²) in [6, 6.07) is 18.1. The summed E-state index contributed by atoms with van der Waals surface area (Å²) < 4.78 is 1.81. The van der Waals surface area contributed by atoms with Crippen molar-refractivity contribution >= 4 is 22.2 Å². The van der Waals surface area contributed by atoms with Crippen molar-refractivity contribution in [2.75, 3.05) is 18.0 Å². The van der Waals surface area contributed by atoms with Crippen LogP contribution in [0.5, 0.6) is 0 Å². The minimum Gasteiger partial charge on any atom is -0.340 e. The molecule has 6 rings (SSSR count). The number of benzene rings is 2. The summed E-state index contributed by atoms with van der Waals surface area (Å²) in [7, 11) is 0. The summed E-state index contributed by atoms with van der Waals surface area (Å²) in [6.07, 6.45) is 5.71. The maximum absolute atomic E-state index is 11.7. The molecule has 0 radical (unpaired) electrons. The average molecular weight is 449 g/mol. The third kappa shape index (κ3) is 3.38. The van der Waals surface area contributed by atoms with Gasteiger partial charge >= 0.3 is 0 Å². The van der Waals surface area contributed by atoms with E-state index in [9.17, 15) is 4.79 Å². The van der Waals surface area contributed by atoms with Crippen molar-refractivity contribution in [2.45, 2.75) is 13.0 Å². The SMILES string of the molecule is C=C1CNC[C@@H](C)N1c1ccc(-c2cnc3c(-c4cccc5[nH]c(=O)ccc45)cnn3c2)cc1. The van der Waals surface area contributed by atoms with Gasteiger partial charge in [0, 0.05) is 71.0 Å². The Hall–Kier alpha value is -4.23. The van der Waals surface area contributed by atoms with E-state index in [1.54, 1.807) is 6.07 Å². The highest BCUT2D eigenvalue weighted by molar-refractivity contribution is 5.97. The lowest BCUT2D eigenvalue weighted by atomic mass is 10.0. The van der Waals surface area contributed by atoms with Crippen LogP contribution in [0.3, 0.4) is 0 Å². The van der Waals surface area contributed by atoms with E-state index in [0.29, 0.717) is 6.04 Å². The number of rotatable bonds is 3. The topological polar surface area (TPSA) is 78.3 Å². The molecule has 7 heteroatoms. The van der Waals surface area contributed by atoms with Crippen LogP contribution >= 0.6 is 0 Å². The number of aromatic nitrogens is 4. The van der Waals surface area contributed by atoms with E-state index in [0.717, 1.165) is 63.3 Å². The number of piperazine rings is 1. The van der Waals surface area contributed by atoms with Gasteiger partial charge in [0.15, 0.2) is 5.65 Å². The van der Waals surface area contributed by atoms with Gasteiger partial charge in [-0.05, 0) is 42.3 Å². The fourth-order valence-corrected chi connectivity index (χ4v) is 4.80. The van der Waals surface area contributed by atoms with Crippen LogP contribution in [-0.2, 0) is 0 Å². The van der Waals surface area contributed by atoms with Gasteiger partial charge in [-0.15, -0.1) is 0 Å². The van der Waals surface area contributed by atoms with E-state index >= 15 is 0 Å². The molecule has 2 aromatic carbocycles. The van der Waals surface area contributed by atoms with Gasteiger partial charge in [-0.3, -0.25) is 4.79 Å². The maximum Gasteiger partial charge on any atom is 0.248 e. The Kier molecular flexibility index (Phi) is 4.78. The van der Waals surface area contributed by atoms with Crippen LogP contribution in [0.4, 0.5) is 5.69 Å². The fraction of sp³-hybridized carbons (Fsp3) is 0.148. The van der Waals surface area contributed by atoms with Crippen molar-refractivity contribution in [1.82, 2.24) is 24.9 Å². The van der Waals surface area contributed by atoms with Gasteiger partial charge < -0.3 is 15.2 Å². The van der Waals surface area contributed by atoms with Crippen LogP contribution in [0.1, 0.15) is 6.92 Å². The lowest BCUT2D eigenvalue weighted by Crippen LogP contribution is -2.47. The lowest BCUT2D eigenvalue weighted by molar-refractivity contribution is 0.548. The normalized spacial score (nSPS) is 16.4. The van der Waals surface area contributed by atoms with Crippen LogP contribution in [0, 0.1) is 0 Å². The van der Waals surface area contributed by atoms with E-state index in [1.807, 2.05) is 47.4 Å². The molecule has 7 nitrogen and oxygen atoms in total. The fourth-order valence-electron chi connectivity index (χ4n) is 4.80. The van der Waals surface area contributed by atoms with Gasteiger partial charge in [0.05, 0.1) is 6.20 Å². The van der Waals surface area contributed by atoms with E-state index in [2.05, 4.69) is 58.1 Å². The van der Waals surface area contributed by atoms with Crippen LogP contribution in [-0.4, -0.2) is 38.7 Å². The molecule has 34 heavy (non-hydrogen) atoms. The zero-order chi connectivity index (χ0) is 23.2. The summed E-state index contributed by atoms with van der Waals surface area (Å²) in [5.41, 5.74) is 7.64. The Labute approximate surface area is 196 Å². The van der Waals surface area contributed by atoms with Gasteiger partial charge in [-0.25, -0.2) is 9.50 Å². The Morgan fingerprint density at radius 3 is 2.68 bits per heavy atom. The molecule has 1 fully saturated rings. The number of hydrogen-bond acceptors (Lipinski definition) is 5. The smallest absolute Gasteiger partial charge is 0.248 e. The number of fused-ring (bicyclic) bond motifs is 2. The van der Waals surface area contributed by atoms with Gasteiger partial charge in [-0.1, -0.05) is 30.8 Å². The van der Waals surface area contributed by atoms with Crippen molar-refractivity contribution in [3.05, 3.63) is 95.8 Å². The molecule has 1 aliphatic heterocycles. The first-order valence-corrected chi connectivity index (χ1v) is 11.3. The zero-order valence-corrected chi connectivity index (χ0v) is 18.8. The van der Waals surface area contributed by atoms with Gasteiger partial charge in [-0.2, -0.15) is 5.10 Å². The number of nitrogens with one attached hydrogen (secondary N) is 2. The van der Waals surface area contributed by atoms with Crippen molar-refractivity contribution in [1.29, 1.82) is 0 Å². The Balaban J connectivity index is 1.36. The summed E-state index contributed by atoms with van der Waals surface area (Å²) in [5.74, 6) is 0. The first kappa shape index (κ1) is 20.4. The van der Waals surface area contributed by atoms with Crippen molar-refractivity contribution in [3.8, 4) is 22.3 Å². The van der Waals surface area contributed by atoms with Crippen molar-refractivity contribution < 1.29 is 0 Å². The molecular weight excluding hydrogens is 424 g/mol. The number of pyridine rings is 1. The molecule has 1 atom stereocenters. The summed E-state index contributed by atoms with van der Waals surface area (Å²) in [5, 5.41) is 8.92. The minimum absolute atomic E-state index is 0.117. The van der Waals surface area contributed by atoms with E-state index < -0.39 is 0 Å². The standard InChI is InChI=1S/C27H24N6O/c1-17-12-28-13-18(2)33(17)21-8-6-19(7-9-21)20-14-29-27-24(15-30-32(27)16-20)22-4-3-5-25-23(22)10-11-26(34)31-25/h3-11,14-16,18,28H,1,12-13H2,2H3,(H,31,34)/t18-/m1/s1. The molecule has 0 bridgehead atoms. The number of anilines is 1. The third-order valence-electron chi connectivity index (χ3n) is 6.44. The van der Waals surface area contributed by atoms with Gasteiger partial charge in [0.25, 0.3) is 0 Å². The molecule has 0 amide bonds. The molecule has 1 aliphatic rings. The van der Waals surface area contributed by atoms with Crippen LogP contribution in [0.25, 0.3) is 38.8 Å². The van der Waals surface area contributed by atoms with E-state index in [4.69, 9.17) is 4.98 Å². The predicted octanol–water partition coefficient (Wildman–Crippen LogP) is 4.22. The highest BCUT2D eigenvalue weighted by Gasteiger charge is 2.21. The van der Waals surface area contributed by atoms with Gasteiger partial charge in [0.1, 0.15) is 0 Å². The number of aromatic amines is 1. The molecule has 3 aromatic heterocycles. The highest BCUT2D eigenvalue weighted by Crippen LogP contribution is 2.31. The first-order chi connectivity index (χ1) is 16.6. The summed E-state index contributed by atoms with van der Waals surface area (Å²) in [4.78, 5) is 21.6. The molecule has 1 saturated heterocycles. The van der Waals surface area contributed by atoms with Crippen LogP contribution in [0.2, 0.25) is 0 Å². The third-order valence-corrected chi connectivity index (χ3v) is 6.44. The van der Waals surface area contributed by atoms with Crippen molar-refractivity contribution in [3.63, 3.8) is 0 Å². The van der Waals surface area contributed by atoms with Crippen molar-refractivity contribution in [2.24, 2.45) is 0 Å². The second kappa shape index (κ2) is 7.97. The molecule has 0 aliphatic carbocycles. The summed E-state index contributed by atoms with van der Waals surface area (Å²) in [6.45, 7) is 8.16. The number of nitrogens with zero attached hydrogens (tertiary/aromatic N) is 4. The molecule has 0 saturated carbocycles. The van der Waals surface area contributed by atoms with Gasteiger partial charge in [0.2, 0.25) is 5.56 Å². The van der Waals surface area contributed by atoms with Crippen LogP contribution < -0.4 is 15.8 Å². The molecule has 4 heterocycles. The maximum atomic E-state index is 11.7. The molecule has 5 aromatic rings. The lowest BCUT2D eigenvalue weighted by Gasteiger charge is -2.37. The monoisotopic (exact) mass is 448 g/mol. The van der Waals surface area contributed by atoms with Crippen LogP contribution in [0.15, 0.2) is 90.3 Å². The Morgan fingerprint density at radius 2 is 1.85 bits per heavy atom. The average Bonchev–Trinajstić information content (AvgIpc) is 3.27. The molecular formula is C27H24N6O. The zero-order valence-electron chi connectivity index (χ0n) is 18.8. The van der Waals surface area contributed by atoms with E-state index in [1.165, 1.54) is 0 Å². The second-order valence-corrected chi connectivity index (χ2v) is 8.72. The molecule has 0 spiro atoms. The second-order valence-electron chi connectivity index (χ2n) is 8.72. The summed E-state index contributed by atoms with van der Waals surface area (Å²) >= 11 is 0. The Morgan fingerprint density at radius 1 is 1.00 bits per heavy atom. The largest absolute Gasteiger partial charge is 0.340 e. The minimum atomic E-state index is -0.117. The molecule has 168 valence electrons. The Bertz CT molecular complexity index is 1600.